The molecule has 2 N–H and O–H groups in total. The summed E-state index contributed by atoms with van der Waals surface area (Å²) in [5, 5.41) is 13.9. The first kappa shape index (κ1) is 28.2. The number of carbonyl (C=O) groups excluding carboxylic acids is 2. The number of anilines is 1. The maximum atomic E-state index is 13.2. The predicted octanol–water partition coefficient (Wildman–Crippen LogP) is 5.61. The number of hydrogen-bond donors (Lipinski definition) is 2. The van der Waals surface area contributed by atoms with Gasteiger partial charge < -0.3 is 25.0 Å². The normalized spacial score (nSPS) is 23.8. The molecular formula is C34H45N3O4. The Morgan fingerprint density at radius 2 is 1.39 bits per heavy atom. The zero-order valence-corrected chi connectivity index (χ0v) is 24.5. The van der Waals surface area contributed by atoms with E-state index in [1.54, 1.807) is 4.90 Å². The third-order valence-corrected chi connectivity index (χ3v) is 10.0. The summed E-state index contributed by atoms with van der Waals surface area (Å²) < 4.78 is 6.07. The van der Waals surface area contributed by atoms with Crippen LogP contribution in [0, 0.1) is 5.41 Å². The van der Waals surface area contributed by atoms with E-state index in [0.717, 1.165) is 12.0 Å². The second kappa shape index (κ2) is 11.8. The number of piperazine rings is 1. The zero-order valence-electron chi connectivity index (χ0n) is 24.5. The third-order valence-electron chi connectivity index (χ3n) is 10.0. The molecule has 2 aliphatic heterocycles. The number of fused-ring (bicyclic) bond motifs is 1. The molecule has 2 saturated carbocycles. The highest BCUT2D eigenvalue weighted by Crippen LogP contribution is 2.46. The molecule has 2 aliphatic carbocycles. The molecule has 41 heavy (non-hydrogen) atoms. The van der Waals surface area contributed by atoms with Crippen LogP contribution in [0.4, 0.5) is 5.69 Å². The molecular weight excluding hydrogens is 514 g/mol. The highest BCUT2D eigenvalue weighted by molar-refractivity contribution is 5.95. The van der Waals surface area contributed by atoms with Crippen molar-refractivity contribution < 1.29 is 19.4 Å². The summed E-state index contributed by atoms with van der Waals surface area (Å²) in [6.07, 6.45) is 13.8. The Balaban J connectivity index is 1.13. The van der Waals surface area contributed by atoms with Crippen molar-refractivity contribution in [3.05, 3.63) is 53.6 Å². The van der Waals surface area contributed by atoms with Gasteiger partial charge in [-0.3, -0.25) is 9.59 Å². The van der Waals surface area contributed by atoms with Crippen LogP contribution in [0.3, 0.4) is 0 Å². The Bertz CT molecular complexity index is 1240. The van der Waals surface area contributed by atoms with Gasteiger partial charge in [-0.15, -0.1) is 0 Å². The van der Waals surface area contributed by atoms with Gasteiger partial charge >= 0.3 is 0 Å². The molecule has 220 valence electrons. The molecule has 0 aromatic heterocycles. The molecule has 0 radical (unpaired) electrons. The van der Waals surface area contributed by atoms with Crippen LogP contribution < -0.4 is 5.32 Å². The van der Waals surface area contributed by atoms with Gasteiger partial charge in [0.1, 0.15) is 11.8 Å². The molecule has 2 heterocycles. The topological polar surface area (TPSA) is 82.1 Å². The van der Waals surface area contributed by atoms with E-state index in [9.17, 15) is 14.7 Å². The molecule has 7 nitrogen and oxygen atoms in total. The quantitative estimate of drug-likeness (QED) is 0.509. The lowest BCUT2D eigenvalue weighted by atomic mass is 9.69. The highest BCUT2D eigenvalue weighted by Gasteiger charge is 2.50. The van der Waals surface area contributed by atoms with Crippen LogP contribution in [0.5, 0.6) is 0 Å². The van der Waals surface area contributed by atoms with Crippen LogP contribution in [0.1, 0.15) is 86.6 Å². The molecule has 1 spiro atoms. The number of aliphatic hydroxyl groups is 1. The summed E-state index contributed by atoms with van der Waals surface area (Å²) in [6, 6.07) is 14.6. The van der Waals surface area contributed by atoms with E-state index in [0.29, 0.717) is 44.6 Å². The van der Waals surface area contributed by atoms with Gasteiger partial charge in [0.25, 0.3) is 11.8 Å². The van der Waals surface area contributed by atoms with E-state index in [1.807, 2.05) is 36.3 Å². The number of nitrogens with zero attached hydrogens (tertiary/aromatic N) is 2. The highest BCUT2D eigenvalue weighted by atomic mass is 16.5. The lowest BCUT2D eigenvalue weighted by Crippen LogP contribution is -2.53. The molecule has 6 rings (SSSR count). The number of benzene rings is 2. The minimum atomic E-state index is -1.14. The molecule has 2 aromatic carbocycles. The minimum absolute atomic E-state index is 0.00743. The third kappa shape index (κ3) is 5.89. The summed E-state index contributed by atoms with van der Waals surface area (Å²) in [4.78, 5) is 29.1. The van der Waals surface area contributed by atoms with Gasteiger partial charge in [0.15, 0.2) is 0 Å². The van der Waals surface area contributed by atoms with E-state index in [-0.39, 0.29) is 23.5 Å². The van der Waals surface area contributed by atoms with Crippen LogP contribution in [0.15, 0.2) is 42.5 Å². The second-order valence-electron chi connectivity index (χ2n) is 12.8. The van der Waals surface area contributed by atoms with E-state index in [2.05, 4.69) is 23.5 Å². The first-order valence-corrected chi connectivity index (χ1v) is 15.7. The Hall–Kier alpha value is -2.90. The SMILES string of the molecule is COC1Nc2ccc(-c3ccc(C(=O)N4CCN(C(=O)C5(O)CC5)CC4)cc3)cc2CC12CCCCCCCCC2. The maximum Gasteiger partial charge on any atom is 0.254 e. The van der Waals surface area contributed by atoms with E-state index in [4.69, 9.17) is 4.74 Å². The largest absolute Gasteiger partial charge is 0.380 e. The van der Waals surface area contributed by atoms with Crippen LogP contribution in [0.25, 0.3) is 11.1 Å². The van der Waals surface area contributed by atoms with Gasteiger partial charge in [-0.25, -0.2) is 0 Å². The average Bonchev–Trinajstić information content (AvgIpc) is 3.77. The fraction of sp³-hybridized carbons (Fsp3) is 0.588. The molecule has 4 aliphatic rings. The monoisotopic (exact) mass is 559 g/mol. The lowest BCUT2D eigenvalue weighted by molar-refractivity contribution is -0.143. The molecule has 0 bridgehead atoms. The number of rotatable bonds is 4. The molecule has 1 saturated heterocycles. The second-order valence-corrected chi connectivity index (χ2v) is 12.8. The van der Waals surface area contributed by atoms with Crippen molar-refractivity contribution in [2.45, 2.75) is 88.9 Å². The summed E-state index contributed by atoms with van der Waals surface area (Å²) in [5.74, 6) is -0.190. The van der Waals surface area contributed by atoms with Crippen molar-refractivity contribution in [2.24, 2.45) is 5.41 Å². The van der Waals surface area contributed by atoms with Gasteiger partial charge in [0.2, 0.25) is 0 Å². The zero-order chi connectivity index (χ0) is 28.5. The smallest absolute Gasteiger partial charge is 0.254 e. The number of nitrogens with one attached hydrogen (secondary N) is 1. The van der Waals surface area contributed by atoms with E-state index < -0.39 is 5.60 Å². The molecule has 3 fully saturated rings. The molecule has 1 atom stereocenters. The number of ether oxygens (including phenoxy) is 1. The number of methoxy groups -OCH3 is 1. The average molecular weight is 560 g/mol. The Labute approximate surface area is 244 Å². The van der Waals surface area contributed by atoms with Crippen LogP contribution in [-0.2, 0) is 16.0 Å². The summed E-state index contributed by atoms with van der Waals surface area (Å²) >= 11 is 0. The Morgan fingerprint density at radius 3 is 2.00 bits per heavy atom. The van der Waals surface area contributed by atoms with Crippen molar-refractivity contribution >= 4 is 17.5 Å². The van der Waals surface area contributed by atoms with Crippen LogP contribution in [0.2, 0.25) is 0 Å². The van der Waals surface area contributed by atoms with Crippen LogP contribution >= 0.6 is 0 Å². The van der Waals surface area contributed by atoms with Crippen molar-refractivity contribution in [2.75, 3.05) is 38.6 Å². The molecule has 2 aromatic rings. The summed E-state index contributed by atoms with van der Waals surface area (Å²) in [5.41, 5.74) is 4.44. The fourth-order valence-electron chi connectivity index (χ4n) is 7.26. The predicted molar refractivity (Wildman–Crippen MR) is 161 cm³/mol. The van der Waals surface area contributed by atoms with E-state index >= 15 is 0 Å². The standard InChI is InChI=1S/C34H45N3O4/c1-41-31-33(15-7-5-3-2-4-6-8-16-33)24-28-23-27(13-14-29(28)35-31)25-9-11-26(12-10-25)30(38)36-19-21-37(22-20-36)32(39)34(40)17-18-34/h9-14,23,31,35,40H,2-8,15-22,24H2,1H3. The molecule has 2 amide bonds. The van der Waals surface area contributed by atoms with Gasteiger partial charge in [0, 0.05) is 50.0 Å². The summed E-state index contributed by atoms with van der Waals surface area (Å²) in [6.45, 7) is 1.92. The summed E-state index contributed by atoms with van der Waals surface area (Å²) in [7, 11) is 1.85. The number of carbonyl (C=O) groups is 2. The van der Waals surface area contributed by atoms with Crippen molar-refractivity contribution in [3.8, 4) is 11.1 Å². The fourth-order valence-corrected chi connectivity index (χ4v) is 7.26. The van der Waals surface area contributed by atoms with Crippen molar-refractivity contribution in [1.82, 2.24) is 9.80 Å². The number of amides is 2. The maximum absolute atomic E-state index is 13.2. The Morgan fingerprint density at radius 1 is 0.805 bits per heavy atom. The lowest BCUT2D eigenvalue weighted by Gasteiger charge is -2.45. The first-order chi connectivity index (χ1) is 19.9. The first-order valence-electron chi connectivity index (χ1n) is 15.7. The number of hydrogen-bond acceptors (Lipinski definition) is 5. The van der Waals surface area contributed by atoms with Gasteiger partial charge in [0.05, 0.1) is 0 Å². The van der Waals surface area contributed by atoms with E-state index in [1.165, 1.54) is 74.6 Å². The molecule has 7 heteroatoms. The Kier molecular flexibility index (Phi) is 8.10. The van der Waals surface area contributed by atoms with Gasteiger partial charge in [-0.05, 0) is 73.1 Å². The van der Waals surface area contributed by atoms with Gasteiger partial charge in [-0.2, -0.15) is 0 Å². The van der Waals surface area contributed by atoms with Crippen molar-refractivity contribution in [3.63, 3.8) is 0 Å². The van der Waals surface area contributed by atoms with Crippen molar-refractivity contribution in [1.29, 1.82) is 0 Å². The molecule has 1 unspecified atom stereocenters. The van der Waals surface area contributed by atoms with Crippen LogP contribution in [-0.4, -0.2) is 71.8 Å². The minimum Gasteiger partial charge on any atom is -0.380 e. The van der Waals surface area contributed by atoms with Gasteiger partial charge in [-0.1, -0.05) is 63.1 Å².